The van der Waals surface area contributed by atoms with Gasteiger partial charge in [0.05, 0.1) is 26.4 Å². The van der Waals surface area contributed by atoms with E-state index < -0.39 is 0 Å². The van der Waals surface area contributed by atoms with Crippen LogP contribution in [-0.2, 0) is 4.74 Å². The van der Waals surface area contributed by atoms with Crippen molar-refractivity contribution >= 4 is 5.91 Å². The van der Waals surface area contributed by atoms with E-state index in [0.29, 0.717) is 12.1 Å². The Labute approximate surface area is 148 Å². The lowest BCUT2D eigenvalue weighted by atomic mass is 10.0. The summed E-state index contributed by atoms with van der Waals surface area (Å²) in [5, 5.41) is 3.07. The van der Waals surface area contributed by atoms with E-state index in [4.69, 9.17) is 9.47 Å². The Balaban J connectivity index is 1.72. The highest BCUT2D eigenvalue weighted by atomic mass is 16.5. The number of nitrogens with one attached hydrogen (secondary N) is 1. The molecule has 2 aromatic rings. The molecular weight excluding hydrogens is 316 g/mol. The van der Waals surface area contributed by atoms with E-state index >= 15 is 0 Å². The number of hydrogen-bond donors (Lipinski definition) is 1. The van der Waals surface area contributed by atoms with E-state index in [-0.39, 0.29) is 11.9 Å². The number of methoxy groups -OCH3 is 1. The summed E-state index contributed by atoms with van der Waals surface area (Å²) in [7, 11) is 1.66. The number of amides is 1. The maximum absolute atomic E-state index is 12.4. The fourth-order valence-corrected chi connectivity index (χ4v) is 3.05. The molecule has 132 valence electrons. The molecule has 1 amide bonds. The summed E-state index contributed by atoms with van der Waals surface area (Å²) in [6.45, 7) is 3.72. The Bertz CT molecular complexity index is 667. The highest BCUT2D eigenvalue weighted by molar-refractivity contribution is 5.94. The van der Waals surface area contributed by atoms with Gasteiger partial charge in [-0.1, -0.05) is 30.3 Å². The molecule has 0 spiro atoms. The average Bonchev–Trinajstić information content (AvgIpc) is 2.70. The number of nitrogens with zero attached hydrogens (tertiary/aromatic N) is 1. The van der Waals surface area contributed by atoms with E-state index in [0.717, 1.165) is 37.6 Å². The van der Waals surface area contributed by atoms with Crippen LogP contribution in [0.1, 0.15) is 22.0 Å². The highest BCUT2D eigenvalue weighted by Crippen LogP contribution is 2.23. The third-order valence-corrected chi connectivity index (χ3v) is 4.48. The molecule has 1 heterocycles. The third kappa shape index (κ3) is 4.59. The predicted octanol–water partition coefficient (Wildman–Crippen LogP) is 2.50. The predicted molar refractivity (Wildman–Crippen MR) is 96.9 cm³/mol. The second-order valence-electron chi connectivity index (χ2n) is 6.01. The zero-order chi connectivity index (χ0) is 17.5. The average molecular weight is 340 g/mol. The SMILES string of the molecule is COc1ccc([C@@H](CNC(=O)c2ccccc2)N2CCOCC2)cc1. The molecule has 1 aliphatic rings. The molecule has 1 N–H and O–H groups in total. The molecule has 5 nitrogen and oxygen atoms in total. The third-order valence-electron chi connectivity index (χ3n) is 4.48. The van der Waals surface area contributed by atoms with Crippen LogP contribution in [0, 0.1) is 0 Å². The minimum atomic E-state index is -0.0487. The topological polar surface area (TPSA) is 50.8 Å². The van der Waals surface area contributed by atoms with Crippen LogP contribution in [0.25, 0.3) is 0 Å². The number of ether oxygens (including phenoxy) is 2. The molecule has 3 rings (SSSR count). The summed E-state index contributed by atoms with van der Waals surface area (Å²) >= 11 is 0. The molecular formula is C20H24N2O3. The Morgan fingerprint density at radius 3 is 2.44 bits per heavy atom. The maximum Gasteiger partial charge on any atom is 0.251 e. The van der Waals surface area contributed by atoms with Crippen molar-refractivity contribution in [2.24, 2.45) is 0 Å². The first kappa shape index (κ1) is 17.5. The zero-order valence-electron chi connectivity index (χ0n) is 14.5. The molecule has 0 unspecified atom stereocenters. The minimum absolute atomic E-state index is 0.0487. The Morgan fingerprint density at radius 1 is 1.12 bits per heavy atom. The summed E-state index contributed by atoms with van der Waals surface area (Å²) in [6.07, 6.45) is 0. The summed E-state index contributed by atoms with van der Waals surface area (Å²) < 4.78 is 10.7. The monoisotopic (exact) mass is 340 g/mol. The first-order valence-corrected chi connectivity index (χ1v) is 8.57. The Kier molecular flexibility index (Phi) is 6.04. The number of carbonyl (C=O) groups is 1. The van der Waals surface area contributed by atoms with Gasteiger partial charge in [-0.15, -0.1) is 0 Å². The first-order valence-electron chi connectivity index (χ1n) is 8.57. The number of morpholine rings is 1. The van der Waals surface area contributed by atoms with Crippen molar-refractivity contribution in [3.63, 3.8) is 0 Å². The summed E-state index contributed by atoms with van der Waals surface area (Å²) in [5.74, 6) is 0.783. The van der Waals surface area contributed by atoms with Crippen molar-refractivity contribution in [3.8, 4) is 5.75 Å². The van der Waals surface area contributed by atoms with Crippen LogP contribution in [0.4, 0.5) is 0 Å². The van der Waals surface area contributed by atoms with Crippen molar-refractivity contribution in [1.82, 2.24) is 10.2 Å². The van der Waals surface area contributed by atoms with Gasteiger partial charge in [-0.05, 0) is 29.8 Å². The van der Waals surface area contributed by atoms with Crippen LogP contribution in [0.2, 0.25) is 0 Å². The van der Waals surface area contributed by atoms with E-state index in [9.17, 15) is 4.79 Å². The van der Waals surface area contributed by atoms with E-state index in [1.54, 1.807) is 7.11 Å². The molecule has 1 fully saturated rings. The number of rotatable bonds is 6. The molecule has 25 heavy (non-hydrogen) atoms. The van der Waals surface area contributed by atoms with Gasteiger partial charge < -0.3 is 14.8 Å². The number of benzene rings is 2. The van der Waals surface area contributed by atoms with Crippen molar-refractivity contribution in [2.75, 3.05) is 40.0 Å². The van der Waals surface area contributed by atoms with Crippen LogP contribution in [0.15, 0.2) is 54.6 Å². The molecule has 0 aromatic heterocycles. The summed E-state index contributed by atoms with van der Waals surface area (Å²) in [4.78, 5) is 14.7. The van der Waals surface area contributed by atoms with Gasteiger partial charge in [0.2, 0.25) is 0 Å². The molecule has 0 radical (unpaired) electrons. The van der Waals surface area contributed by atoms with Gasteiger partial charge in [0.25, 0.3) is 5.91 Å². The smallest absolute Gasteiger partial charge is 0.251 e. The van der Waals surface area contributed by atoms with Crippen LogP contribution in [0.5, 0.6) is 5.75 Å². The van der Waals surface area contributed by atoms with Crippen LogP contribution >= 0.6 is 0 Å². The maximum atomic E-state index is 12.4. The molecule has 1 saturated heterocycles. The van der Waals surface area contributed by atoms with E-state index in [2.05, 4.69) is 22.3 Å². The number of hydrogen-bond acceptors (Lipinski definition) is 4. The van der Waals surface area contributed by atoms with Gasteiger partial charge in [-0.2, -0.15) is 0 Å². The highest BCUT2D eigenvalue weighted by Gasteiger charge is 2.23. The summed E-state index contributed by atoms with van der Waals surface area (Å²) in [6, 6.07) is 17.5. The molecule has 5 heteroatoms. The lowest BCUT2D eigenvalue weighted by molar-refractivity contribution is 0.0162. The zero-order valence-corrected chi connectivity index (χ0v) is 14.5. The van der Waals surface area contributed by atoms with Crippen molar-refractivity contribution < 1.29 is 14.3 Å². The van der Waals surface area contributed by atoms with Gasteiger partial charge >= 0.3 is 0 Å². The van der Waals surface area contributed by atoms with E-state index in [1.807, 2.05) is 42.5 Å². The lowest BCUT2D eigenvalue weighted by Crippen LogP contribution is -2.43. The lowest BCUT2D eigenvalue weighted by Gasteiger charge is -2.35. The minimum Gasteiger partial charge on any atom is -0.497 e. The molecule has 2 aromatic carbocycles. The van der Waals surface area contributed by atoms with E-state index in [1.165, 1.54) is 0 Å². The fraction of sp³-hybridized carbons (Fsp3) is 0.350. The van der Waals surface area contributed by atoms with Crippen LogP contribution < -0.4 is 10.1 Å². The van der Waals surface area contributed by atoms with Crippen LogP contribution in [0.3, 0.4) is 0 Å². The molecule has 1 aliphatic heterocycles. The van der Waals surface area contributed by atoms with Gasteiger partial charge in [-0.3, -0.25) is 9.69 Å². The largest absolute Gasteiger partial charge is 0.497 e. The Hall–Kier alpha value is -2.37. The number of carbonyl (C=O) groups excluding carboxylic acids is 1. The van der Waals surface area contributed by atoms with Crippen LogP contribution in [-0.4, -0.2) is 50.8 Å². The second-order valence-corrected chi connectivity index (χ2v) is 6.01. The Morgan fingerprint density at radius 2 is 1.80 bits per heavy atom. The van der Waals surface area contributed by atoms with Crippen molar-refractivity contribution in [1.29, 1.82) is 0 Å². The quantitative estimate of drug-likeness (QED) is 0.878. The van der Waals surface area contributed by atoms with Gasteiger partial charge in [0.1, 0.15) is 5.75 Å². The molecule has 0 bridgehead atoms. The van der Waals surface area contributed by atoms with Gasteiger partial charge in [0.15, 0.2) is 0 Å². The second kappa shape index (κ2) is 8.65. The van der Waals surface area contributed by atoms with Crippen molar-refractivity contribution in [2.45, 2.75) is 6.04 Å². The van der Waals surface area contributed by atoms with Crippen molar-refractivity contribution in [3.05, 3.63) is 65.7 Å². The standard InChI is InChI=1S/C20H24N2O3/c1-24-18-9-7-16(8-10-18)19(22-11-13-25-14-12-22)15-21-20(23)17-5-3-2-4-6-17/h2-10,19H,11-15H2,1H3,(H,21,23)/t19-/m1/s1. The normalized spacial score (nSPS) is 16.2. The first-order chi connectivity index (χ1) is 12.3. The summed E-state index contributed by atoms with van der Waals surface area (Å²) in [5.41, 5.74) is 1.84. The molecule has 0 aliphatic carbocycles. The molecule has 0 saturated carbocycles. The van der Waals surface area contributed by atoms with Gasteiger partial charge in [0, 0.05) is 25.2 Å². The fourth-order valence-electron chi connectivity index (χ4n) is 3.05. The van der Waals surface area contributed by atoms with Gasteiger partial charge in [-0.25, -0.2) is 0 Å². The molecule has 1 atom stereocenters.